The molecule has 0 aliphatic heterocycles. The average molecular weight is 825 g/mol. The van der Waals surface area contributed by atoms with Gasteiger partial charge in [-0.25, -0.2) is 10.5 Å². The van der Waals surface area contributed by atoms with Crippen LogP contribution in [0.5, 0.6) is 0 Å². The topological polar surface area (TPSA) is 245 Å². The molecule has 0 aromatic heterocycles. The molecule has 5 aliphatic carbocycles. The van der Waals surface area contributed by atoms with Gasteiger partial charge in [-0.2, -0.15) is 16.8 Å². The van der Waals surface area contributed by atoms with Gasteiger partial charge in [0, 0.05) is 29.3 Å². The summed E-state index contributed by atoms with van der Waals surface area (Å²) in [6, 6.07) is 0. The van der Waals surface area contributed by atoms with Crippen molar-refractivity contribution < 1.29 is 74.9 Å². The van der Waals surface area contributed by atoms with Crippen molar-refractivity contribution in [2.45, 2.75) is 174 Å². The van der Waals surface area contributed by atoms with Crippen LogP contribution in [0.2, 0.25) is 0 Å². The average Bonchev–Trinajstić information content (AvgIpc) is 3.10. The van der Waals surface area contributed by atoms with Crippen LogP contribution in [0.1, 0.15) is 116 Å². The zero-order valence-corrected chi connectivity index (χ0v) is 32.7. The van der Waals surface area contributed by atoms with Gasteiger partial charge in [0.15, 0.2) is 0 Å². The van der Waals surface area contributed by atoms with Gasteiger partial charge in [-0.15, -0.1) is 8.67 Å². The highest BCUT2D eigenvalue weighted by Crippen LogP contribution is 2.56. The Morgan fingerprint density at radius 1 is 0.577 bits per heavy atom. The van der Waals surface area contributed by atoms with Gasteiger partial charge in [0.05, 0.1) is 47.1 Å². The van der Waals surface area contributed by atoms with E-state index in [9.17, 15) is 36.2 Å². The molecule has 0 radical (unpaired) electrons. The summed E-state index contributed by atoms with van der Waals surface area (Å²) >= 11 is 1.31. The van der Waals surface area contributed by atoms with E-state index in [1.807, 2.05) is 0 Å². The number of aliphatic hydroxyl groups is 2. The van der Waals surface area contributed by atoms with E-state index in [1.165, 1.54) is 0 Å². The van der Waals surface area contributed by atoms with E-state index < -0.39 is 59.5 Å². The number of hydrogen-bond donors (Lipinski definition) is 6. The van der Waals surface area contributed by atoms with Crippen molar-refractivity contribution in [3.05, 3.63) is 0 Å². The Morgan fingerprint density at radius 3 is 1.58 bits per heavy atom. The molecule has 0 aromatic rings. The van der Waals surface area contributed by atoms with Crippen molar-refractivity contribution >= 4 is 44.3 Å². The molecule has 7 unspecified atom stereocenters. The van der Waals surface area contributed by atoms with Crippen LogP contribution in [0, 0.1) is 23.2 Å². The zero-order chi connectivity index (χ0) is 37.7. The van der Waals surface area contributed by atoms with E-state index in [2.05, 4.69) is 21.3 Å². The third-order valence-corrected chi connectivity index (χ3v) is 17.0. The molecule has 0 amide bonds. The van der Waals surface area contributed by atoms with Crippen molar-refractivity contribution in [3.8, 4) is 0 Å². The molecule has 7 atom stereocenters. The van der Waals surface area contributed by atoms with Crippen LogP contribution >= 0.6 is 24.1 Å². The maximum absolute atomic E-state index is 12.9. The molecule has 6 N–H and O–H groups in total. The minimum atomic E-state index is -4.71. The molecular formula is C32H56O16S4. The first-order chi connectivity index (χ1) is 24.6. The molecule has 20 heteroatoms. The van der Waals surface area contributed by atoms with E-state index in [1.54, 1.807) is 0 Å². The molecule has 0 heterocycles. The molecule has 5 aliphatic rings. The van der Waals surface area contributed by atoms with Crippen molar-refractivity contribution in [3.63, 3.8) is 0 Å². The lowest BCUT2D eigenvalue weighted by molar-refractivity contribution is -0.432. The number of rotatable bonds is 15. The van der Waals surface area contributed by atoms with Gasteiger partial charge in [0.1, 0.15) is 5.25 Å². The highest BCUT2D eigenvalue weighted by atomic mass is 32.2. The van der Waals surface area contributed by atoms with Crippen molar-refractivity contribution in [2.24, 2.45) is 23.2 Å². The molecule has 16 nitrogen and oxygen atoms in total. The Morgan fingerprint density at radius 2 is 1.08 bits per heavy atom. The van der Waals surface area contributed by atoms with Crippen LogP contribution in [0.25, 0.3) is 0 Å². The molecule has 0 saturated heterocycles. The maximum atomic E-state index is 12.9. The van der Waals surface area contributed by atoms with Crippen molar-refractivity contribution in [1.29, 1.82) is 0 Å². The normalized spacial score (nSPS) is 40.9. The Labute approximate surface area is 315 Å². The molecule has 5 fully saturated rings. The van der Waals surface area contributed by atoms with Gasteiger partial charge in [-0.05, 0) is 132 Å². The fourth-order valence-electron chi connectivity index (χ4n) is 10.2. The first-order valence-corrected chi connectivity index (χ1v) is 23.1. The second kappa shape index (κ2) is 19.0. The summed E-state index contributed by atoms with van der Waals surface area (Å²) in [5.74, 6) is 1.33. The second-order valence-corrected chi connectivity index (χ2v) is 21.1. The summed E-state index contributed by atoms with van der Waals surface area (Å²) in [6.07, 6.45) is 6.79. The molecule has 0 aromatic carbocycles. The van der Waals surface area contributed by atoms with E-state index in [-0.39, 0.29) is 55.8 Å². The highest BCUT2D eigenvalue weighted by Gasteiger charge is 2.51. The molecule has 5 saturated carbocycles. The summed E-state index contributed by atoms with van der Waals surface area (Å²) < 4.78 is 92.3. The molecule has 52 heavy (non-hydrogen) atoms. The molecule has 0 bridgehead atoms. The first-order valence-electron chi connectivity index (χ1n) is 18.5. The highest BCUT2D eigenvalue weighted by molar-refractivity contribution is 7.95. The third kappa shape index (κ3) is 11.2. The largest absolute Gasteiger partial charge is 0.393 e. The second-order valence-electron chi connectivity index (χ2n) is 15.8. The fraction of sp³-hybridized carbons (Fsp3) is 1.00. The first kappa shape index (κ1) is 43.2. The summed E-state index contributed by atoms with van der Waals surface area (Å²) in [5.41, 5.74) is 0.0323. The third-order valence-electron chi connectivity index (χ3n) is 12.9. The van der Waals surface area contributed by atoms with Crippen molar-refractivity contribution in [1.82, 2.24) is 0 Å². The lowest BCUT2D eigenvalue weighted by Crippen LogP contribution is -2.53. The Hall–Kier alpha value is 0.120. The van der Waals surface area contributed by atoms with E-state index in [4.69, 9.17) is 24.3 Å². The molecule has 0 spiro atoms. The summed E-state index contributed by atoms with van der Waals surface area (Å²) in [7, 11) is -9.18. The summed E-state index contributed by atoms with van der Waals surface area (Å²) in [5, 5.41) is 41.6. The minimum absolute atomic E-state index is 0.00391. The summed E-state index contributed by atoms with van der Waals surface area (Å²) in [6.45, 7) is 2.41. The van der Waals surface area contributed by atoms with E-state index in [0.717, 1.165) is 64.2 Å². The van der Waals surface area contributed by atoms with Crippen molar-refractivity contribution in [2.75, 3.05) is 0 Å². The van der Waals surface area contributed by atoms with Gasteiger partial charge in [-0.1, -0.05) is 17.0 Å². The molecule has 304 valence electrons. The zero-order valence-electron chi connectivity index (χ0n) is 29.4. The number of aliphatic hydroxyl groups excluding tert-OH is 2. The quantitative estimate of drug-likeness (QED) is 0.0540. The lowest BCUT2D eigenvalue weighted by Gasteiger charge is -2.54. The Bertz CT molecular complexity index is 1290. The smallest absolute Gasteiger partial charge is 0.270 e. The van der Waals surface area contributed by atoms with Gasteiger partial charge < -0.3 is 19.7 Å². The van der Waals surface area contributed by atoms with Gasteiger partial charge in [0.25, 0.3) is 20.2 Å². The molecular weight excluding hydrogens is 769 g/mol. The van der Waals surface area contributed by atoms with Gasteiger partial charge in [0.2, 0.25) is 0 Å². The Balaban J connectivity index is 1.27. The van der Waals surface area contributed by atoms with Crippen LogP contribution in [0.4, 0.5) is 0 Å². The monoisotopic (exact) mass is 824 g/mol. The van der Waals surface area contributed by atoms with Gasteiger partial charge in [-0.3, -0.25) is 9.11 Å². The van der Waals surface area contributed by atoms with Crippen LogP contribution in [0.3, 0.4) is 0 Å². The summed E-state index contributed by atoms with van der Waals surface area (Å²) in [4.78, 5) is 0. The predicted molar refractivity (Wildman–Crippen MR) is 189 cm³/mol. The number of ether oxygens (including phenoxy) is 2. The van der Waals surface area contributed by atoms with Gasteiger partial charge >= 0.3 is 0 Å². The van der Waals surface area contributed by atoms with E-state index >= 15 is 0 Å². The van der Waals surface area contributed by atoms with Crippen LogP contribution < -0.4 is 0 Å². The predicted octanol–water partition coefficient (Wildman–Crippen LogP) is 5.16. The van der Waals surface area contributed by atoms with Crippen LogP contribution in [0.15, 0.2) is 0 Å². The minimum Gasteiger partial charge on any atom is -0.393 e. The molecule has 5 rings (SSSR count). The fourth-order valence-corrected chi connectivity index (χ4v) is 14.0. The standard InChI is InChI=1S/C32H56O16S4/c1-32(19-2-8-22(33)9-3-19,20-4-10-23(34)11-5-20)21-6-12-24(13-7-21)44-31-29(50-48-46-36)16-26(17-30(31)52(40,41)42)43-25-14-27(49-47-45-35)18-28(15-25)51(37,38)39/h19-31,33-36H,2-18H2,1H3,(H,37,38,39)(H,40,41,42). The van der Waals surface area contributed by atoms with E-state index in [0.29, 0.717) is 54.7 Å². The lowest BCUT2D eigenvalue weighted by atomic mass is 9.52. The SMILES string of the molecule is CC(C1CCC(O)CC1)(C1CCC(O)CC1)C1CCC(OC2C(SOOO)CC(OC3CC(SOOO)CC(S(=O)(=O)O)C3)CC2S(=O)(=O)O)CC1. The van der Waals surface area contributed by atoms with Crippen LogP contribution in [-0.4, -0.2) is 104 Å². The number of hydrogen-bond acceptors (Lipinski definition) is 16. The maximum Gasteiger partial charge on any atom is 0.270 e. The Kier molecular flexibility index (Phi) is 15.8. The van der Waals surface area contributed by atoms with Crippen LogP contribution in [-0.2, 0) is 48.5 Å².